The van der Waals surface area contributed by atoms with Crippen LogP contribution >= 0.6 is 10.7 Å². The van der Waals surface area contributed by atoms with Gasteiger partial charge in [-0.05, 0) is 11.1 Å². The molecule has 2 aromatic rings. The maximum Gasteiger partial charge on any atom is 0.407 e. The molecule has 0 spiro atoms. The van der Waals surface area contributed by atoms with E-state index in [0.717, 1.165) is 5.56 Å². The molecule has 0 unspecified atom stereocenters. The molecule has 0 saturated heterocycles. The van der Waals surface area contributed by atoms with E-state index in [1.54, 1.807) is 30.3 Å². The van der Waals surface area contributed by atoms with Gasteiger partial charge in [0, 0.05) is 10.7 Å². The van der Waals surface area contributed by atoms with Crippen molar-refractivity contribution in [3.8, 4) is 0 Å². The number of rotatable bonds is 6. The average molecular weight is 354 g/mol. The summed E-state index contributed by atoms with van der Waals surface area (Å²) in [4.78, 5) is 11.9. The molecule has 7 heteroatoms. The Morgan fingerprint density at radius 3 is 2.17 bits per heavy atom. The first kappa shape index (κ1) is 17.3. The zero-order valence-electron chi connectivity index (χ0n) is 12.2. The molecule has 0 aromatic heterocycles. The van der Waals surface area contributed by atoms with Gasteiger partial charge >= 0.3 is 6.09 Å². The van der Waals surface area contributed by atoms with Crippen LogP contribution in [0.5, 0.6) is 0 Å². The number of ether oxygens (including phenoxy) is 1. The van der Waals surface area contributed by atoms with Crippen LogP contribution in [0.1, 0.15) is 17.2 Å². The Balaban J connectivity index is 2.01. The number of halogens is 1. The van der Waals surface area contributed by atoms with Crippen molar-refractivity contribution in [2.45, 2.75) is 12.6 Å². The van der Waals surface area contributed by atoms with E-state index >= 15 is 0 Å². The Kier molecular flexibility index (Phi) is 6.01. The van der Waals surface area contributed by atoms with Crippen molar-refractivity contribution in [1.29, 1.82) is 0 Å². The fourth-order valence-corrected chi connectivity index (χ4v) is 3.06. The van der Waals surface area contributed by atoms with E-state index in [0.29, 0.717) is 5.56 Å². The third kappa shape index (κ3) is 6.30. The SMILES string of the molecule is O=C(N[C@H](CS(=O)(=O)Cl)c1ccccc1)OCc1ccccc1. The number of benzene rings is 2. The highest BCUT2D eigenvalue weighted by Gasteiger charge is 2.21. The highest BCUT2D eigenvalue weighted by atomic mass is 35.7. The summed E-state index contributed by atoms with van der Waals surface area (Å²) in [6.45, 7) is 0.0990. The van der Waals surface area contributed by atoms with Crippen LogP contribution in [0.4, 0.5) is 4.79 Å². The molecule has 0 aliphatic carbocycles. The van der Waals surface area contributed by atoms with Gasteiger partial charge in [-0.3, -0.25) is 0 Å². The first-order chi connectivity index (χ1) is 10.9. The largest absolute Gasteiger partial charge is 0.445 e. The van der Waals surface area contributed by atoms with Crippen molar-refractivity contribution in [2.75, 3.05) is 5.75 Å². The van der Waals surface area contributed by atoms with E-state index in [1.807, 2.05) is 30.3 Å². The van der Waals surface area contributed by atoms with E-state index in [1.165, 1.54) is 0 Å². The van der Waals surface area contributed by atoms with E-state index in [2.05, 4.69) is 5.32 Å². The van der Waals surface area contributed by atoms with Crippen molar-refractivity contribution in [3.63, 3.8) is 0 Å². The van der Waals surface area contributed by atoms with Crippen molar-refractivity contribution >= 4 is 25.8 Å². The van der Waals surface area contributed by atoms with Crippen LogP contribution in [0.15, 0.2) is 60.7 Å². The molecule has 0 radical (unpaired) electrons. The van der Waals surface area contributed by atoms with Crippen LogP contribution in [0.3, 0.4) is 0 Å². The van der Waals surface area contributed by atoms with Gasteiger partial charge in [-0.1, -0.05) is 60.7 Å². The molecule has 2 rings (SSSR count). The van der Waals surface area contributed by atoms with Crippen LogP contribution in [-0.2, 0) is 20.4 Å². The lowest BCUT2D eigenvalue weighted by Gasteiger charge is -2.17. The van der Waals surface area contributed by atoms with Gasteiger partial charge in [0.1, 0.15) is 6.61 Å². The van der Waals surface area contributed by atoms with Gasteiger partial charge < -0.3 is 10.1 Å². The van der Waals surface area contributed by atoms with Crippen LogP contribution < -0.4 is 5.32 Å². The highest BCUT2D eigenvalue weighted by Crippen LogP contribution is 2.17. The van der Waals surface area contributed by atoms with Crippen LogP contribution in [0, 0.1) is 0 Å². The smallest absolute Gasteiger partial charge is 0.407 e. The number of alkyl carbamates (subject to hydrolysis) is 1. The Labute approximate surface area is 139 Å². The normalized spacial score (nSPS) is 12.4. The molecule has 2 aromatic carbocycles. The fraction of sp³-hybridized carbons (Fsp3) is 0.188. The van der Waals surface area contributed by atoms with E-state index in [-0.39, 0.29) is 6.61 Å². The van der Waals surface area contributed by atoms with Gasteiger partial charge in [0.2, 0.25) is 9.05 Å². The molecule has 122 valence electrons. The first-order valence-electron chi connectivity index (χ1n) is 6.88. The summed E-state index contributed by atoms with van der Waals surface area (Å²) in [5.74, 6) is -0.418. The molecule has 5 nitrogen and oxygen atoms in total. The Morgan fingerprint density at radius 1 is 1.04 bits per heavy atom. The number of amides is 1. The summed E-state index contributed by atoms with van der Waals surface area (Å²) < 4.78 is 27.8. The van der Waals surface area contributed by atoms with E-state index in [9.17, 15) is 13.2 Å². The quantitative estimate of drug-likeness (QED) is 0.809. The van der Waals surface area contributed by atoms with Gasteiger partial charge in [0.05, 0.1) is 11.8 Å². The fourth-order valence-electron chi connectivity index (χ4n) is 2.01. The predicted molar refractivity (Wildman–Crippen MR) is 88.6 cm³/mol. The maximum atomic E-state index is 11.9. The standard InChI is InChI=1S/C16H16ClNO4S/c17-23(20,21)12-15(14-9-5-2-6-10-14)18-16(19)22-11-13-7-3-1-4-8-13/h1-10,15H,11-12H2,(H,18,19)/t15-/m1/s1. The first-order valence-corrected chi connectivity index (χ1v) is 9.36. The van der Waals surface area contributed by atoms with Gasteiger partial charge in [0.25, 0.3) is 0 Å². The molecule has 23 heavy (non-hydrogen) atoms. The molecular formula is C16H16ClNO4S. The summed E-state index contributed by atoms with van der Waals surface area (Å²) in [6, 6.07) is 17.1. The molecule has 0 saturated carbocycles. The van der Waals surface area contributed by atoms with Crippen molar-refractivity contribution < 1.29 is 17.9 Å². The number of carbonyl (C=O) groups is 1. The lowest BCUT2D eigenvalue weighted by Crippen LogP contribution is -2.32. The zero-order valence-corrected chi connectivity index (χ0v) is 13.8. The number of hydrogen-bond acceptors (Lipinski definition) is 4. The second kappa shape index (κ2) is 7.99. The number of nitrogens with one attached hydrogen (secondary N) is 1. The number of hydrogen-bond donors (Lipinski definition) is 1. The average Bonchev–Trinajstić information content (AvgIpc) is 2.53. The summed E-state index contributed by atoms with van der Waals surface area (Å²) in [5.41, 5.74) is 1.47. The topological polar surface area (TPSA) is 72.5 Å². The maximum absolute atomic E-state index is 11.9. The summed E-state index contributed by atoms with van der Waals surface area (Å²) >= 11 is 0. The number of carbonyl (C=O) groups excluding carboxylic acids is 1. The minimum Gasteiger partial charge on any atom is -0.445 e. The second-order valence-corrected chi connectivity index (χ2v) is 7.70. The Morgan fingerprint density at radius 2 is 1.61 bits per heavy atom. The minimum atomic E-state index is -3.78. The molecule has 0 heterocycles. The van der Waals surface area contributed by atoms with Crippen LogP contribution in [0.25, 0.3) is 0 Å². The summed E-state index contributed by atoms with van der Waals surface area (Å²) in [5, 5.41) is 2.54. The predicted octanol–water partition coefficient (Wildman–Crippen LogP) is 3.22. The van der Waals surface area contributed by atoms with Crippen molar-refractivity contribution in [1.82, 2.24) is 5.32 Å². The van der Waals surface area contributed by atoms with E-state index in [4.69, 9.17) is 15.4 Å². The van der Waals surface area contributed by atoms with Crippen LogP contribution in [-0.4, -0.2) is 20.3 Å². The molecule has 1 amide bonds. The molecule has 0 fully saturated rings. The van der Waals surface area contributed by atoms with Gasteiger partial charge in [0.15, 0.2) is 0 Å². The van der Waals surface area contributed by atoms with Gasteiger partial charge in [-0.25, -0.2) is 13.2 Å². The van der Waals surface area contributed by atoms with Crippen LogP contribution in [0.2, 0.25) is 0 Å². The van der Waals surface area contributed by atoms with E-state index < -0.39 is 26.9 Å². The lowest BCUT2D eigenvalue weighted by molar-refractivity contribution is 0.136. The molecule has 1 N–H and O–H groups in total. The Bertz CT molecular complexity index is 735. The molecule has 0 bridgehead atoms. The van der Waals surface area contributed by atoms with Gasteiger partial charge in [-0.2, -0.15) is 0 Å². The molecular weight excluding hydrogens is 338 g/mol. The molecule has 0 aliphatic rings. The molecule has 1 atom stereocenters. The lowest BCUT2D eigenvalue weighted by atomic mass is 10.1. The third-order valence-electron chi connectivity index (χ3n) is 3.07. The summed E-state index contributed by atoms with van der Waals surface area (Å²) in [7, 11) is 1.53. The molecule has 0 aliphatic heterocycles. The van der Waals surface area contributed by atoms with Gasteiger partial charge in [-0.15, -0.1) is 0 Å². The zero-order chi connectivity index (χ0) is 16.7. The Hall–Kier alpha value is -2.05. The van der Waals surface area contributed by atoms with Crippen molar-refractivity contribution in [2.24, 2.45) is 0 Å². The minimum absolute atomic E-state index is 0.0990. The second-order valence-electron chi connectivity index (χ2n) is 4.87. The highest BCUT2D eigenvalue weighted by molar-refractivity contribution is 8.13. The monoisotopic (exact) mass is 353 g/mol. The summed E-state index contributed by atoms with van der Waals surface area (Å²) in [6.07, 6.45) is -0.706. The third-order valence-corrected chi connectivity index (χ3v) is 4.18. The van der Waals surface area contributed by atoms with Crippen molar-refractivity contribution in [3.05, 3.63) is 71.8 Å².